The van der Waals surface area contributed by atoms with Gasteiger partial charge in [-0.3, -0.25) is 14.4 Å². The van der Waals surface area contributed by atoms with Crippen LogP contribution >= 0.6 is 0 Å². The van der Waals surface area contributed by atoms with Crippen molar-refractivity contribution in [1.29, 1.82) is 0 Å². The van der Waals surface area contributed by atoms with Gasteiger partial charge in [-0.2, -0.15) is 0 Å². The van der Waals surface area contributed by atoms with Crippen LogP contribution in [0.25, 0.3) is 0 Å². The molecule has 2 aromatic rings. The van der Waals surface area contributed by atoms with Crippen LogP contribution in [0.4, 0.5) is 14.5 Å². The summed E-state index contributed by atoms with van der Waals surface area (Å²) in [6.45, 7) is -0.573. The highest BCUT2D eigenvalue weighted by atomic mass is 19.3. The van der Waals surface area contributed by atoms with Crippen LogP contribution in [0.3, 0.4) is 0 Å². The molecule has 1 heterocycles. The fraction of sp³-hybridized carbons (Fsp3) is 0.133. The molecule has 0 atom stereocenters. The van der Waals surface area contributed by atoms with Gasteiger partial charge < -0.3 is 15.0 Å². The van der Waals surface area contributed by atoms with Crippen LogP contribution in [0.15, 0.2) is 47.4 Å². The number of pyridine rings is 1. The lowest BCUT2D eigenvalue weighted by molar-refractivity contribution is -0.137. The Kier molecular flexibility index (Phi) is 4.85. The van der Waals surface area contributed by atoms with Gasteiger partial charge in [0.05, 0.1) is 5.69 Å². The number of amides is 1. The van der Waals surface area contributed by atoms with Gasteiger partial charge in [0, 0.05) is 23.4 Å². The highest BCUT2D eigenvalue weighted by molar-refractivity contribution is 6.05. The molecule has 120 valence electrons. The highest BCUT2D eigenvalue weighted by Gasteiger charge is 2.18. The second-order valence-electron chi connectivity index (χ2n) is 4.62. The van der Waals surface area contributed by atoms with E-state index in [2.05, 4.69) is 5.32 Å². The Morgan fingerprint density at radius 2 is 1.87 bits per heavy atom. The summed E-state index contributed by atoms with van der Waals surface area (Å²) in [6, 6.07) is 7.59. The number of hydrogen-bond donors (Lipinski definition) is 2. The molecule has 6 nitrogen and oxygen atoms in total. The molecule has 0 aliphatic heterocycles. The van der Waals surface area contributed by atoms with Crippen LogP contribution in [0, 0.1) is 0 Å². The number of benzene rings is 1. The van der Waals surface area contributed by atoms with E-state index in [1.165, 1.54) is 24.3 Å². The number of carbonyl (C=O) groups excluding carboxylic acids is 1. The van der Waals surface area contributed by atoms with E-state index < -0.39 is 36.0 Å². The van der Waals surface area contributed by atoms with E-state index in [4.69, 9.17) is 5.11 Å². The first-order valence-corrected chi connectivity index (χ1v) is 6.49. The minimum atomic E-state index is -2.81. The van der Waals surface area contributed by atoms with Crippen molar-refractivity contribution in [2.45, 2.75) is 13.0 Å². The number of nitrogens with one attached hydrogen (secondary N) is 1. The maximum absolute atomic E-state index is 12.9. The zero-order chi connectivity index (χ0) is 17.0. The molecule has 0 fully saturated rings. The van der Waals surface area contributed by atoms with E-state index in [0.29, 0.717) is 0 Å². The number of hydrogen-bond acceptors (Lipinski definition) is 3. The fourth-order valence-corrected chi connectivity index (χ4v) is 1.97. The molecule has 0 bridgehead atoms. The number of aromatic nitrogens is 1. The van der Waals surface area contributed by atoms with Crippen molar-refractivity contribution in [3.05, 3.63) is 64.1 Å². The molecule has 23 heavy (non-hydrogen) atoms. The van der Waals surface area contributed by atoms with E-state index in [1.54, 1.807) is 0 Å². The molecule has 2 rings (SSSR count). The van der Waals surface area contributed by atoms with E-state index in [0.717, 1.165) is 22.9 Å². The number of anilines is 1. The van der Waals surface area contributed by atoms with E-state index in [1.807, 2.05) is 0 Å². The molecule has 0 spiro atoms. The molecule has 2 N–H and O–H groups in total. The Bertz CT molecular complexity index is 802. The van der Waals surface area contributed by atoms with Gasteiger partial charge in [-0.05, 0) is 12.1 Å². The van der Waals surface area contributed by atoms with Crippen LogP contribution in [-0.2, 0) is 11.3 Å². The van der Waals surface area contributed by atoms with Crippen molar-refractivity contribution in [2.24, 2.45) is 0 Å². The van der Waals surface area contributed by atoms with Crippen molar-refractivity contribution in [1.82, 2.24) is 4.57 Å². The van der Waals surface area contributed by atoms with Gasteiger partial charge >= 0.3 is 5.97 Å². The molecular weight excluding hydrogens is 310 g/mol. The molecule has 1 aromatic carbocycles. The molecular formula is C15H12F2N2O4. The summed E-state index contributed by atoms with van der Waals surface area (Å²) in [4.78, 5) is 34.3. The second-order valence-corrected chi connectivity index (χ2v) is 4.62. The Hall–Kier alpha value is -3.03. The molecule has 0 aliphatic carbocycles. The van der Waals surface area contributed by atoms with Crippen LogP contribution in [0.5, 0.6) is 0 Å². The molecule has 0 radical (unpaired) electrons. The Morgan fingerprint density at radius 3 is 2.52 bits per heavy atom. The van der Waals surface area contributed by atoms with Crippen LogP contribution < -0.4 is 10.9 Å². The first kappa shape index (κ1) is 16.3. The minimum absolute atomic E-state index is 0.125. The number of carboxylic acid groups (broad SMARTS) is 1. The first-order valence-electron chi connectivity index (χ1n) is 6.49. The van der Waals surface area contributed by atoms with Crippen molar-refractivity contribution < 1.29 is 23.5 Å². The maximum atomic E-state index is 12.9. The zero-order valence-corrected chi connectivity index (χ0v) is 11.7. The molecule has 1 amide bonds. The Balaban J connectivity index is 2.28. The molecule has 0 aliphatic rings. The van der Waals surface area contributed by atoms with Gasteiger partial charge in [-0.1, -0.05) is 18.2 Å². The predicted molar refractivity (Wildman–Crippen MR) is 77.7 cm³/mol. The lowest BCUT2D eigenvalue weighted by atomic mass is 10.1. The zero-order valence-electron chi connectivity index (χ0n) is 11.7. The number of alkyl halides is 2. The number of carboxylic acids is 1. The number of carbonyl (C=O) groups is 2. The van der Waals surface area contributed by atoms with Gasteiger partial charge in [0.1, 0.15) is 6.54 Å². The monoisotopic (exact) mass is 322 g/mol. The Morgan fingerprint density at radius 1 is 1.17 bits per heavy atom. The smallest absolute Gasteiger partial charge is 0.323 e. The number of nitrogens with zero attached hydrogens (tertiary/aromatic N) is 1. The van der Waals surface area contributed by atoms with E-state index in [-0.39, 0.29) is 11.3 Å². The summed E-state index contributed by atoms with van der Waals surface area (Å²) < 4.78 is 26.7. The van der Waals surface area contributed by atoms with Gasteiger partial charge in [0.15, 0.2) is 0 Å². The summed E-state index contributed by atoms with van der Waals surface area (Å²) in [5.41, 5.74) is -1.04. The lowest BCUT2D eigenvalue weighted by Gasteiger charge is -2.10. The quantitative estimate of drug-likeness (QED) is 0.882. The standard InChI is InChI=1S/C15H12F2N2O4/c16-14(17)10-3-1-2-4-11(10)15(23)18-9-5-6-12(20)19(7-9)8-13(21)22/h1-7,14H,8H2,(H,18,23)(H,21,22). The summed E-state index contributed by atoms with van der Waals surface area (Å²) in [6.07, 6.45) is -1.67. The largest absolute Gasteiger partial charge is 0.480 e. The van der Waals surface area contributed by atoms with Crippen molar-refractivity contribution in [2.75, 3.05) is 5.32 Å². The van der Waals surface area contributed by atoms with Crippen molar-refractivity contribution in [3.8, 4) is 0 Å². The molecule has 0 saturated carbocycles. The molecule has 0 unspecified atom stereocenters. The Labute approximate surface area is 129 Å². The number of aliphatic carboxylic acids is 1. The lowest BCUT2D eigenvalue weighted by Crippen LogP contribution is -2.24. The molecule has 1 aromatic heterocycles. The average Bonchev–Trinajstić information content (AvgIpc) is 2.50. The van der Waals surface area contributed by atoms with Gasteiger partial charge in [0.25, 0.3) is 17.9 Å². The highest BCUT2D eigenvalue weighted by Crippen LogP contribution is 2.23. The minimum Gasteiger partial charge on any atom is -0.480 e. The SMILES string of the molecule is O=C(O)Cn1cc(NC(=O)c2ccccc2C(F)F)ccc1=O. The number of rotatable bonds is 5. The summed E-state index contributed by atoms with van der Waals surface area (Å²) in [5.74, 6) is -2.00. The van der Waals surface area contributed by atoms with Gasteiger partial charge in [-0.25, -0.2) is 8.78 Å². The van der Waals surface area contributed by atoms with Crippen LogP contribution in [-0.4, -0.2) is 21.6 Å². The third-order valence-electron chi connectivity index (χ3n) is 2.99. The van der Waals surface area contributed by atoms with Crippen molar-refractivity contribution in [3.63, 3.8) is 0 Å². The topological polar surface area (TPSA) is 88.4 Å². The average molecular weight is 322 g/mol. The normalized spacial score (nSPS) is 10.6. The third kappa shape index (κ3) is 4.00. The van der Waals surface area contributed by atoms with Crippen LogP contribution in [0.2, 0.25) is 0 Å². The van der Waals surface area contributed by atoms with Crippen molar-refractivity contribution >= 4 is 17.6 Å². The van der Waals surface area contributed by atoms with Crippen LogP contribution in [0.1, 0.15) is 22.3 Å². The summed E-state index contributed by atoms with van der Waals surface area (Å²) >= 11 is 0. The maximum Gasteiger partial charge on any atom is 0.323 e. The second kappa shape index (κ2) is 6.82. The third-order valence-corrected chi connectivity index (χ3v) is 2.99. The molecule has 0 saturated heterocycles. The molecule has 8 heteroatoms. The predicted octanol–water partition coefficient (Wildman–Crippen LogP) is 2.12. The van der Waals surface area contributed by atoms with E-state index >= 15 is 0 Å². The van der Waals surface area contributed by atoms with Gasteiger partial charge in [0.2, 0.25) is 0 Å². The van der Waals surface area contributed by atoms with Gasteiger partial charge in [-0.15, -0.1) is 0 Å². The summed E-state index contributed by atoms with van der Waals surface area (Å²) in [7, 11) is 0. The first-order chi connectivity index (χ1) is 10.9. The summed E-state index contributed by atoms with van der Waals surface area (Å²) in [5, 5.41) is 11.1. The van der Waals surface area contributed by atoms with E-state index in [9.17, 15) is 23.2 Å². The fourth-order valence-electron chi connectivity index (χ4n) is 1.97. The number of halogens is 2.